The number of fused-ring (bicyclic) bond motifs is 1. The maximum atomic E-state index is 6.45. The lowest BCUT2D eigenvalue weighted by atomic mass is 9.82. The van der Waals surface area contributed by atoms with Gasteiger partial charge in [0.15, 0.2) is 0 Å². The zero-order chi connectivity index (χ0) is 22.1. The lowest BCUT2D eigenvalue weighted by Crippen LogP contribution is -2.35. The summed E-state index contributed by atoms with van der Waals surface area (Å²) in [6, 6.07) is 11.4. The number of aromatic nitrogens is 2. The average Bonchev–Trinajstić information content (AvgIpc) is 3.19. The van der Waals surface area contributed by atoms with Gasteiger partial charge in [0, 0.05) is 28.4 Å². The Morgan fingerprint density at radius 1 is 0.938 bits per heavy atom. The topological polar surface area (TPSA) is 49.9 Å². The van der Waals surface area contributed by atoms with E-state index in [0.717, 1.165) is 18.8 Å². The Bertz CT molecular complexity index is 1060. The largest absolute Gasteiger partial charge is 0.375 e. The highest BCUT2D eigenvalue weighted by Crippen LogP contribution is 2.40. The summed E-state index contributed by atoms with van der Waals surface area (Å²) in [5.74, 6) is 1.10. The van der Waals surface area contributed by atoms with E-state index in [1.54, 1.807) is 0 Å². The summed E-state index contributed by atoms with van der Waals surface area (Å²) in [7, 11) is 0. The normalized spacial score (nSPS) is 22.6. The molecular weight excluding hydrogens is 394 g/mol. The molecule has 170 valence electrons. The molecule has 2 fully saturated rings. The molecule has 0 spiro atoms. The van der Waals surface area contributed by atoms with Crippen LogP contribution >= 0.6 is 0 Å². The minimum Gasteiger partial charge on any atom is -0.375 e. The first-order valence-electron chi connectivity index (χ1n) is 12.5. The number of H-pyrrole nitrogens is 1. The van der Waals surface area contributed by atoms with Crippen molar-refractivity contribution in [1.82, 2.24) is 15.3 Å². The van der Waals surface area contributed by atoms with Gasteiger partial charge in [-0.25, -0.2) is 0 Å². The van der Waals surface area contributed by atoms with Crippen molar-refractivity contribution in [1.29, 1.82) is 0 Å². The van der Waals surface area contributed by atoms with Crippen LogP contribution in [0.2, 0.25) is 0 Å². The van der Waals surface area contributed by atoms with Crippen molar-refractivity contribution in [2.45, 2.75) is 83.3 Å². The van der Waals surface area contributed by atoms with Crippen LogP contribution in [0.1, 0.15) is 81.0 Å². The van der Waals surface area contributed by atoms with Crippen LogP contribution in [0.15, 0.2) is 36.5 Å². The molecule has 3 aromatic rings. The van der Waals surface area contributed by atoms with Crippen molar-refractivity contribution in [3.05, 3.63) is 53.3 Å². The van der Waals surface area contributed by atoms with Gasteiger partial charge in [-0.05, 0) is 106 Å². The van der Waals surface area contributed by atoms with E-state index in [-0.39, 0.29) is 0 Å². The van der Waals surface area contributed by atoms with Gasteiger partial charge in [0.1, 0.15) is 0 Å². The minimum atomic E-state index is 0.455. The summed E-state index contributed by atoms with van der Waals surface area (Å²) in [6.45, 7) is 8.88. The number of benzene rings is 1. The number of nitrogens with one attached hydrogen (secondary N) is 2. The van der Waals surface area contributed by atoms with Gasteiger partial charge in [0.05, 0.1) is 17.9 Å². The summed E-state index contributed by atoms with van der Waals surface area (Å²) >= 11 is 0. The standard InChI is InChI=1S/C28H37N3O/c1-18(2)27-25-17-21(6-9-26(25)31-28(27)22-10-15-30-19(3)16-22)20-4-7-23(8-5-20)32-24-11-13-29-14-12-24/h6,9-10,15-18,20,23-24,29,31H,4-5,7-8,11-14H2,1-3H3. The second-order valence-electron chi connectivity index (χ2n) is 10.1. The molecule has 0 bridgehead atoms. The Morgan fingerprint density at radius 3 is 2.41 bits per heavy atom. The number of pyridine rings is 1. The molecule has 1 saturated heterocycles. The predicted octanol–water partition coefficient (Wildman–Crippen LogP) is 6.46. The van der Waals surface area contributed by atoms with Crippen molar-refractivity contribution < 1.29 is 4.74 Å². The van der Waals surface area contributed by atoms with Crippen LogP contribution in [-0.2, 0) is 4.74 Å². The Morgan fingerprint density at radius 2 is 1.69 bits per heavy atom. The quantitative estimate of drug-likeness (QED) is 0.488. The number of aromatic amines is 1. The summed E-state index contributed by atoms with van der Waals surface area (Å²) in [5.41, 5.74) is 7.70. The molecule has 4 heteroatoms. The van der Waals surface area contributed by atoms with Gasteiger partial charge in [-0.1, -0.05) is 19.9 Å². The molecule has 5 rings (SSSR count). The number of nitrogens with zero attached hydrogens (tertiary/aromatic N) is 1. The van der Waals surface area contributed by atoms with Crippen molar-refractivity contribution >= 4 is 10.9 Å². The molecule has 1 aliphatic carbocycles. The summed E-state index contributed by atoms with van der Waals surface area (Å²) < 4.78 is 6.45. The third-order valence-electron chi connectivity index (χ3n) is 7.44. The number of hydrogen-bond donors (Lipinski definition) is 2. The van der Waals surface area contributed by atoms with Crippen LogP contribution in [0.4, 0.5) is 0 Å². The Labute approximate surface area is 192 Å². The van der Waals surface area contributed by atoms with Gasteiger partial charge in [0.25, 0.3) is 0 Å². The number of piperidine rings is 1. The Hall–Kier alpha value is -2.17. The van der Waals surface area contributed by atoms with Crippen molar-refractivity contribution in [3.63, 3.8) is 0 Å². The van der Waals surface area contributed by atoms with Gasteiger partial charge in [-0.2, -0.15) is 0 Å². The maximum absolute atomic E-state index is 6.45. The first-order chi connectivity index (χ1) is 15.6. The molecule has 2 aliphatic rings. The van der Waals surface area contributed by atoms with E-state index in [2.05, 4.69) is 66.4 Å². The Kier molecular flexibility index (Phi) is 6.34. The van der Waals surface area contributed by atoms with Gasteiger partial charge in [-0.3, -0.25) is 4.98 Å². The molecule has 4 nitrogen and oxygen atoms in total. The van der Waals surface area contributed by atoms with E-state index in [0.29, 0.717) is 24.0 Å². The van der Waals surface area contributed by atoms with E-state index in [1.807, 2.05) is 6.20 Å². The lowest BCUT2D eigenvalue weighted by molar-refractivity contribution is -0.0441. The van der Waals surface area contributed by atoms with Crippen LogP contribution in [0, 0.1) is 6.92 Å². The van der Waals surface area contributed by atoms with Crippen LogP contribution in [0.25, 0.3) is 22.2 Å². The molecule has 2 N–H and O–H groups in total. The van der Waals surface area contributed by atoms with Crippen molar-refractivity contribution in [3.8, 4) is 11.3 Å². The van der Waals surface area contributed by atoms with E-state index < -0.39 is 0 Å². The molecule has 1 saturated carbocycles. The second-order valence-corrected chi connectivity index (χ2v) is 10.1. The monoisotopic (exact) mass is 431 g/mol. The van der Waals surface area contributed by atoms with Crippen LogP contribution < -0.4 is 5.32 Å². The zero-order valence-corrected chi connectivity index (χ0v) is 19.8. The lowest BCUT2D eigenvalue weighted by Gasteiger charge is -2.33. The molecule has 2 aromatic heterocycles. The summed E-state index contributed by atoms with van der Waals surface area (Å²) in [5, 5.41) is 4.82. The number of aryl methyl sites for hydroxylation is 1. The molecule has 1 aromatic carbocycles. The third-order valence-corrected chi connectivity index (χ3v) is 7.44. The van der Waals surface area contributed by atoms with Crippen LogP contribution in [0.3, 0.4) is 0 Å². The highest BCUT2D eigenvalue weighted by atomic mass is 16.5. The molecule has 0 atom stereocenters. The van der Waals surface area contributed by atoms with Crippen molar-refractivity contribution in [2.75, 3.05) is 13.1 Å². The first-order valence-corrected chi connectivity index (χ1v) is 12.5. The molecule has 32 heavy (non-hydrogen) atoms. The first kappa shape index (κ1) is 21.7. The summed E-state index contributed by atoms with van der Waals surface area (Å²) in [6.07, 6.45) is 10.0. The van der Waals surface area contributed by atoms with Crippen molar-refractivity contribution in [2.24, 2.45) is 0 Å². The third kappa shape index (κ3) is 4.49. The molecule has 1 aliphatic heterocycles. The fourth-order valence-corrected chi connectivity index (χ4v) is 5.75. The Balaban J connectivity index is 1.36. The fraction of sp³-hybridized carbons (Fsp3) is 0.536. The summed E-state index contributed by atoms with van der Waals surface area (Å²) in [4.78, 5) is 8.10. The van der Waals surface area contributed by atoms with Gasteiger partial charge < -0.3 is 15.0 Å². The van der Waals surface area contributed by atoms with Crippen LogP contribution in [0.5, 0.6) is 0 Å². The molecule has 3 heterocycles. The number of ether oxygens (including phenoxy) is 1. The average molecular weight is 432 g/mol. The van der Waals surface area contributed by atoms with Gasteiger partial charge in [0.2, 0.25) is 0 Å². The number of hydrogen-bond acceptors (Lipinski definition) is 3. The highest BCUT2D eigenvalue weighted by Gasteiger charge is 2.26. The van der Waals surface area contributed by atoms with Gasteiger partial charge >= 0.3 is 0 Å². The van der Waals surface area contributed by atoms with E-state index >= 15 is 0 Å². The SMILES string of the molecule is Cc1cc(-c2[nH]c3ccc(C4CCC(OC5CCNCC5)CC4)cc3c2C(C)C)ccn1. The van der Waals surface area contributed by atoms with Gasteiger partial charge in [-0.15, -0.1) is 0 Å². The van der Waals surface area contributed by atoms with Crippen LogP contribution in [-0.4, -0.2) is 35.3 Å². The van der Waals surface area contributed by atoms with E-state index in [4.69, 9.17) is 4.74 Å². The molecule has 0 amide bonds. The number of rotatable bonds is 5. The molecule has 0 radical (unpaired) electrons. The predicted molar refractivity (Wildman–Crippen MR) is 132 cm³/mol. The molecule has 0 unspecified atom stereocenters. The maximum Gasteiger partial charge on any atom is 0.0603 e. The smallest absolute Gasteiger partial charge is 0.0603 e. The van der Waals surface area contributed by atoms with E-state index in [9.17, 15) is 0 Å². The fourth-order valence-electron chi connectivity index (χ4n) is 5.75. The second kappa shape index (κ2) is 9.36. The zero-order valence-electron chi connectivity index (χ0n) is 19.8. The molecular formula is C28H37N3O. The minimum absolute atomic E-state index is 0.455. The van der Waals surface area contributed by atoms with E-state index in [1.165, 1.54) is 71.8 Å². The highest BCUT2D eigenvalue weighted by molar-refractivity contribution is 5.92.